The van der Waals surface area contributed by atoms with Gasteiger partial charge in [0.1, 0.15) is 0 Å². The summed E-state index contributed by atoms with van der Waals surface area (Å²) in [6.45, 7) is 0. The fourth-order valence-electron chi connectivity index (χ4n) is 2.60. The van der Waals surface area contributed by atoms with E-state index < -0.39 is 10.0 Å². The molecule has 1 aliphatic rings. The third-order valence-electron chi connectivity index (χ3n) is 3.61. The van der Waals surface area contributed by atoms with E-state index in [1.807, 2.05) is 0 Å². The van der Waals surface area contributed by atoms with Crippen LogP contribution in [-0.2, 0) is 10.0 Å². The standard InChI is InChI=1S/C13H17N3O2S2/c14-13-15-11-7-6-10(8-12(11)19-13)20(17,18)16-9-4-2-1-3-5-9/h6-9,16H,1-5H2,(H2,14,15). The first-order chi connectivity index (χ1) is 9.54. The Bertz CT molecular complexity index is 718. The Hall–Kier alpha value is -1.18. The summed E-state index contributed by atoms with van der Waals surface area (Å²) in [4.78, 5) is 4.42. The number of benzene rings is 1. The van der Waals surface area contributed by atoms with E-state index in [9.17, 15) is 8.42 Å². The number of nitrogen functional groups attached to an aromatic ring is 1. The highest BCUT2D eigenvalue weighted by Crippen LogP contribution is 2.27. The quantitative estimate of drug-likeness (QED) is 0.912. The number of thiazole rings is 1. The number of anilines is 1. The molecule has 0 amide bonds. The van der Waals surface area contributed by atoms with Crippen LogP contribution in [-0.4, -0.2) is 19.4 Å². The van der Waals surface area contributed by atoms with E-state index in [4.69, 9.17) is 5.73 Å². The molecular weight excluding hydrogens is 294 g/mol. The van der Waals surface area contributed by atoms with Crippen LogP contribution in [0.3, 0.4) is 0 Å². The van der Waals surface area contributed by atoms with Crippen molar-refractivity contribution in [2.24, 2.45) is 0 Å². The van der Waals surface area contributed by atoms with Gasteiger partial charge in [0.05, 0.1) is 15.1 Å². The van der Waals surface area contributed by atoms with Crippen LogP contribution in [0.15, 0.2) is 23.1 Å². The predicted molar refractivity (Wildman–Crippen MR) is 81.2 cm³/mol. The molecule has 3 rings (SSSR count). The fraction of sp³-hybridized carbons (Fsp3) is 0.462. The van der Waals surface area contributed by atoms with Crippen molar-refractivity contribution in [2.45, 2.75) is 43.0 Å². The first-order valence-electron chi connectivity index (χ1n) is 6.73. The summed E-state index contributed by atoms with van der Waals surface area (Å²) in [6, 6.07) is 5.01. The fourth-order valence-corrected chi connectivity index (χ4v) is 4.78. The molecule has 0 saturated heterocycles. The number of rotatable bonds is 3. The lowest BCUT2D eigenvalue weighted by atomic mass is 9.96. The third kappa shape index (κ3) is 2.79. The summed E-state index contributed by atoms with van der Waals surface area (Å²) in [5, 5.41) is 0.454. The van der Waals surface area contributed by atoms with Gasteiger partial charge in [0.25, 0.3) is 0 Å². The summed E-state index contributed by atoms with van der Waals surface area (Å²) >= 11 is 1.30. The molecule has 1 fully saturated rings. The van der Waals surface area contributed by atoms with Gasteiger partial charge in [-0.2, -0.15) is 0 Å². The van der Waals surface area contributed by atoms with Gasteiger partial charge in [-0.1, -0.05) is 30.6 Å². The minimum absolute atomic E-state index is 0.0657. The van der Waals surface area contributed by atoms with Crippen LogP contribution in [0.2, 0.25) is 0 Å². The number of hydrogen-bond acceptors (Lipinski definition) is 5. The summed E-state index contributed by atoms with van der Waals surface area (Å²) in [5.41, 5.74) is 6.38. The van der Waals surface area contributed by atoms with Gasteiger partial charge in [-0.3, -0.25) is 0 Å². The van der Waals surface area contributed by atoms with Gasteiger partial charge >= 0.3 is 0 Å². The molecule has 0 unspecified atom stereocenters. The molecule has 1 heterocycles. The zero-order valence-corrected chi connectivity index (χ0v) is 12.6. The van der Waals surface area contributed by atoms with E-state index in [0.717, 1.165) is 35.9 Å². The second-order valence-electron chi connectivity index (χ2n) is 5.14. The van der Waals surface area contributed by atoms with Gasteiger partial charge < -0.3 is 5.73 Å². The zero-order chi connectivity index (χ0) is 14.2. The molecule has 0 aliphatic heterocycles. The minimum Gasteiger partial charge on any atom is -0.375 e. The van der Waals surface area contributed by atoms with Gasteiger partial charge in [-0.05, 0) is 31.0 Å². The van der Waals surface area contributed by atoms with Crippen molar-refractivity contribution < 1.29 is 8.42 Å². The van der Waals surface area contributed by atoms with Crippen LogP contribution in [0, 0.1) is 0 Å². The van der Waals surface area contributed by atoms with Crippen molar-refractivity contribution in [2.75, 3.05) is 5.73 Å². The molecule has 1 aromatic carbocycles. The van der Waals surface area contributed by atoms with E-state index in [1.165, 1.54) is 17.8 Å². The van der Waals surface area contributed by atoms with Crippen molar-refractivity contribution in [1.29, 1.82) is 0 Å². The number of sulfonamides is 1. The Morgan fingerprint density at radius 3 is 2.75 bits per heavy atom. The molecule has 1 saturated carbocycles. The lowest BCUT2D eigenvalue weighted by Crippen LogP contribution is -2.36. The van der Waals surface area contributed by atoms with Gasteiger partial charge in [0.15, 0.2) is 5.13 Å². The first kappa shape index (κ1) is 13.8. The Morgan fingerprint density at radius 1 is 1.25 bits per heavy atom. The van der Waals surface area contributed by atoms with Crippen molar-refractivity contribution in [1.82, 2.24) is 9.71 Å². The van der Waals surface area contributed by atoms with Crippen LogP contribution in [0.4, 0.5) is 5.13 Å². The minimum atomic E-state index is -3.45. The molecule has 5 nitrogen and oxygen atoms in total. The molecule has 1 aromatic heterocycles. The molecule has 0 bridgehead atoms. The lowest BCUT2D eigenvalue weighted by Gasteiger charge is -2.22. The molecule has 0 atom stereocenters. The molecule has 20 heavy (non-hydrogen) atoms. The summed E-state index contributed by atoms with van der Waals surface area (Å²) in [7, 11) is -3.45. The Morgan fingerprint density at radius 2 is 2.00 bits per heavy atom. The second kappa shape index (κ2) is 5.31. The summed E-state index contributed by atoms with van der Waals surface area (Å²) < 4.78 is 28.4. The van der Waals surface area contributed by atoms with Crippen LogP contribution in [0.25, 0.3) is 10.2 Å². The SMILES string of the molecule is Nc1nc2ccc(S(=O)(=O)NC3CCCCC3)cc2s1. The number of nitrogens with zero attached hydrogens (tertiary/aromatic N) is 1. The summed E-state index contributed by atoms with van der Waals surface area (Å²) in [5.74, 6) is 0. The summed E-state index contributed by atoms with van der Waals surface area (Å²) in [6.07, 6.45) is 5.24. The highest BCUT2D eigenvalue weighted by Gasteiger charge is 2.22. The average Bonchev–Trinajstić information content (AvgIpc) is 2.78. The predicted octanol–water partition coefficient (Wildman–Crippen LogP) is 2.49. The van der Waals surface area contributed by atoms with E-state index in [1.54, 1.807) is 18.2 Å². The number of fused-ring (bicyclic) bond motifs is 1. The van der Waals surface area contributed by atoms with E-state index in [0.29, 0.717) is 10.0 Å². The van der Waals surface area contributed by atoms with E-state index in [2.05, 4.69) is 9.71 Å². The topological polar surface area (TPSA) is 85.1 Å². The normalized spacial score (nSPS) is 17.6. The third-order valence-corrected chi connectivity index (χ3v) is 5.98. The van der Waals surface area contributed by atoms with Gasteiger partial charge in [0.2, 0.25) is 10.0 Å². The number of nitrogens with one attached hydrogen (secondary N) is 1. The molecule has 0 spiro atoms. The van der Waals surface area contributed by atoms with Crippen LogP contribution >= 0.6 is 11.3 Å². The lowest BCUT2D eigenvalue weighted by molar-refractivity contribution is 0.412. The molecular formula is C13H17N3O2S2. The van der Waals surface area contributed by atoms with Gasteiger partial charge in [-0.15, -0.1) is 0 Å². The van der Waals surface area contributed by atoms with Gasteiger partial charge in [0, 0.05) is 6.04 Å². The van der Waals surface area contributed by atoms with Crippen LogP contribution < -0.4 is 10.5 Å². The number of hydrogen-bond donors (Lipinski definition) is 2. The molecule has 2 aromatic rings. The maximum absolute atomic E-state index is 12.4. The Balaban J connectivity index is 1.87. The van der Waals surface area contributed by atoms with Crippen molar-refractivity contribution in [3.05, 3.63) is 18.2 Å². The molecule has 0 radical (unpaired) electrons. The molecule has 3 N–H and O–H groups in total. The zero-order valence-electron chi connectivity index (χ0n) is 11.0. The van der Waals surface area contributed by atoms with E-state index in [-0.39, 0.29) is 6.04 Å². The second-order valence-corrected chi connectivity index (χ2v) is 7.91. The van der Waals surface area contributed by atoms with E-state index >= 15 is 0 Å². The number of aromatic nitrogens is 1. The number of nitrogens with two attached hydrogens (primary N) is 1. The largest absolute Gasteiger partial charge is 0.375 e. The smallest absolute Gasteiger partial charge is 0.240 e. The van der Waals surface area contributed by atoms with Crippen molar-refractivity contribution in [3.63, 3.8) is 0 Å². The van der Waals surface area contributed by atoms with Crippen LogP contribution in [0.5, 0.6) is 0 Å². The van der Waals surface area contributed by atoms with Crippen LogP contribution in [0.1, 0.15) is 32.1 Å². The Kier molecular flexibility index (Phi) is 3.66. The maximum Gasteiger partial charge on any atom is 0.240 e. The van der Waals surface area contributed by atoms with Crippen molar-refractivity contribution in [3.8, 4) is 0 Å². The molecule has 7 heteroatoms. The highest BCUT2D eigenvalue weighted by atomic mass is 32.2. The van der Waals surface area contributed by atoms with Gasteiger partial charge in [-0.25, -0.2) is 18.1 Å². The monoisotopic (exact) mass is 311 g/mol. The van der Waals surface area contributed by atoms with Crippen molar-refractivity contribution >= 4 is 36.7 Å². The molecule has 108 valence electrons. The Labute approximate surface area is 122 Å². The first-order valence-corrected chi connectivity index (χ1v) is 9.03. The average molecular weight is 311 g/mol. The highest BCUT2D eigenvalue weighted by molar-refractivity contribution is 7.89. The maximum atomic E-state index is 12.4. The molecule has 1 aliphatic carbocycles.